The number of aromatic nitrogens is 1. The molecule has 1 aliphatic rings. The average molecular weight is 1430 g/mol. The van der Waals surface area contributed by atoms with Crippen LogP contribution < -0.4 is 9.80 Å². The first-order chi connectivity index (χ1) is 52.5. The summed E-state index contributed by atoms with van der Waals surface area (Å²) in [5.74, 6) is 0. The van der Waals surface area contributed by atoms with Gasteiger partial charge in [-0.15, -0.1) is 0 Å². The average Bonchev–Trinajstić information content (AvgIpc) is 1.54. The number of aryl methyl sites for hydroxylation is 4. The lowest BCUT2D eigenvalue weighted by atomic mass is 9.70. The summed E-state index contributed by atoms with van der Waals surface area (Å²) in [7, 11) is 0. The summed E-state index contributed by atoms with van der Waals surface area (Å²) in [4.78, 5) is 4.83. The maximum absolute atomic E-state index is 2.78. The summed E-state index contributed by atoms with van der Waals surface area (Å²) < 4.78 is 2.78. The molecule has 1 aliphatic carbocycles. The summed E-state index contributed by atoms with van der Waals surface area (Å²) in [5, 5.41) is 2.71. The van der Waals surface area contributed by atoms with Crippen molar-refractivity contribution in [3.8, 4) is 50.2 Å². The van der Waals surface area contributed by atoms with Crippen LogP contribution in [0.2, 0.25) is 0 Å². The van der Waals surface area contributed by atoms with Gasteiger partial charge in [-0.3, -0.25) is 0 Å². The number of anilines is 6. The number of benzene rings is 11. The van der Waals surface area contributed by atoms with E-state index in [2.05, 4.69) is 334 Å². The quantitative estimate of drug-likeness (QED) is 0.0373. The lowest BCUT2D eigenvalue weighted by Crippen LogP contribution is -2.25. The Morgan fingerprint density at radius 2 is 0.694 bits per heavy atom. The van der Waals surface area contributed by atoms with Crippen molar-refractivity contribution in [2.45, 2.75) is 253 Å². The highest BCUT2D eigenvalue weighted by atomic mass is 15.1. The van der Waals surface area contributed by atoms with Crippen LogP contribution in [0, 0.1) is 13.8 Å². The van der Waals surface area contributed by atoms with Crippen molar-refractivity contribution in [2.24, 2.45) is 0 Å². The van der Waals surface area contributed by atoms with Crippen LogP contribution in [0.15, 0.2) is 237 Å². The molecule has 0 atom stereocenters. The monoisotopic (exact) mass is 1430 g/mol. The Labute approximate surface area is 650 Å². The van der Waals surface area contributed by atoms with Crippen LogP contribution in [0.5, 0.6) is 0 Å². The van der Waals surface area contributed by atoms with E-state index < -0.39 is 0 Å². The lowest BCUT2D eigenvalue weighted by molar-refractivity contribution is 0.398. The fourth-order valence-electron chi connectivity index (χ4n) is 17.5. The van der Waals surface area contributed by atoms with Gasteiger partial charge < -0.3 is 14.4 Å². The van der Waals surface area contributed by atoms with Gasteiger partial charge in [-0.1, -0.05) is 323 Å². The third kappa shape index (κ3) is 17.3. The molecule has 1 heterocycles. The molecule has 3 heteroatoms. The molecule has 0 aliphatic heterocycles. The van der Waals surface area contributed by atoms with E-state index in [0.717, 1.165) is 59.8 Å². The Kier molecular flexibility index (Phi) is 25.0. The van der Waals surface area contributed by atoms with Gasteiger partial charge in [-0.2, -0.15) is 0 Å². The topological polar surface area (TPSA) is 11.4 Å². The number of fused-ring (bicyclic) bond motifs is 6. The van der Waals surface area contributed by atoms with Gasteiger partial charge in [0.2, 0.25) is 0 Å². The number of unbranched alkanes of at least 4 members (excludes halogenated alkanes) is 16. The summed E-state index contributed by atoms with van der Waals surface area (Å²) >= 11 is 0. The second-order valence-corrected chi connectivity index (χ2v) is 34.0. The highest BCUT2D eigenvalue weighted by Crippen LogP contribution is 2.57. The van der Waals surface area contributed by atoms with Gasteiger partial charge in [0.25, 0.3) is 0 Å². The Balaban J connectivity index is 0.922. The van der Waals surface area contributed by atoms with Crippen LogP contribution in [0.1, 0.15) is 255 Å². The van der Waals surface area contributed by atoms with Gasteiger partial charge >= 0.3 is 0 Å². The predicted molar refractivity (Wildman–Crippen MR) is 471 cm³/mol. The van der Waals surface area contributed by atoms with E-state index in [1.54, 1.807) is 11.1 Å². The fourth-order valence-corrected chi connectivity index (χ4v) is 17.5. The van der Waals surface area contributed by atoms with E-state index in [9.17, 15) is 0 Å². The van der Waals surface area contributed by atoms with Crippen LogP contribution in [-0.2, 0) is 29.1 Å². The molecule has 558 valence electrons. The normalized spacial score (nSPS) is 12.7. The smallest absolute Gasteiger partial charge is 0.0544 e. The van der Waals surface area contributed by atoms with E-state index in [-0.39, 0.29) is 16.2 Å². The molecule has 0 saturated carbocycles. The third-order valence-electron chi connectivity index (χ3n) is 23.9. The second kappa shape index (κ2) is 35.0. The van der Waals surface area contributed by atoms with Crippen LogP contribution in [0.4, 0.5) is 34.1 Å². The van der Waals surface area contributed by atoms with E-state index in [1.807, 2.05) is 0 Å². The van der Waals surface area contributed by atoms with Gasteiger partial charge in [0.1, 0.15) is 0 Å². The minimum absolute atomic E-state index is 0.0278. The molecule has 0 bridgehead atoms. The van der Waals surface area contributed by atoms with Gasteiger partial charge in [-0.05, 0) is 250 Å². The van der Waals surface area contributed by atoms with Crippen molar-refractivity contribution in [2.75, 3.05) is 9.80 Å². The molecule has 1 aromatic heterocycles. The molecular formula is C105H123N3. The third-order valence-corrected chi connectivity index (χ3v) is 23.9. The maximum Gasteiger partial charge on any atom is 0.0544 e. The summed E-state index contributed by atoms with van der Waals surface area (Å²) in [6.45, 7) is 27.7. The van der Waals surface area contributed by atoms with E-state index in [4.69, 9.17) is 0 Å². The van der Waals surface area contributed by atoms with Crippen molar-refractivity contribution in [3.63, 3.8) is 0 Å². The first-order valence-electron chi connectivity index (χ1n) is 42.1. The Bertz CT molecular complexity index is 4880. The van der Waals surface area contributed by atoms with E-state index in [1.165, 1.54) is 234 Å². The van der Waals surface area contributed by atoms with Crippen molar-refractivity contribution in [1.82, 2.24) is 4.57 Å². The molecule has 0 spiro atoms. The van der Waals surface area contributed by atoms with Crippen molar-refractivity contribution in [1.29, 1.82) is 0 Å². The molecule has 0 fully saturated rings. The van der Waals surface area contributed by atoms with Crippen molar-refractivity contribution >= 4 is 55.9 Å². The van der Waals surface area contributed by atoms with Crippen LogP contribution in [0.25, 0.3) is 72.0 Å². The molecule has 12 aromatic rings. The largest absolute Gasteiger partial charge is 0.311 e. The molecule has 0 radical (unpaired) electrons. The number of hydrogen-bond acceptors (Lipinski definition) is 2. The molecule has 3 nitrogen and oxygen atoms in total. The summed E-state index contributed by atoms with van der Waals surface area (Å²) in [6.07, 6.45) is 29.8. The number of hydrogen-bond donors (Lipinski definition) is 0. The SMILES string of the molecule is CCCCCCCCC1(CCCCCCCC)c2cc(C)ccc2-c2cc3c4cc(-c5ccccc5)ccc4n(-c4cc(CCCCCC)c(-c5ccc(N(c6ccc(-c7ccc(N(c8ccc(C)cc8)c8ccc(C(C)(C)C)cc8)cc7)cc6)c6ccc(C(C)(C)C)cc6)cc5)cc4CCCCCC)c3cc21. The Morgan fingerprint density at radius 3 is 1.19 bits per heavy atom. The lowest BCUT2D eigenvalue weighted by Gasteiger charge is -2.33. The molecule has 108 heavy (non-hydrogen) atoms. The minimum Gasteiger partial charge on any atom is -0.311 e. The molecule has 0 saturated heterocycles. The first-order valence-corrected chi connectivity index (χ1v) is 42.1. The zero-order chi connectivity index (χ0) is 75.4. The first kappa shape index (κ1) is 77.0. The summed E-state index contributed by atoms with van der Waals surface area (Å²) in [6, 6.07) is 92.2. The molecular weight excluding hydrogens is 1300 g/mol. The highest BCUT2D eigenvalue weighted by molar-refractivity contribution is 6.13. The highest BCUT2D eigenvalue weighted by Gasteiger charge is 2.43. The van der Waals surface area contributed by atoms with Gasteiger partial charge in [0.05, 0.1) is 11.0 Å². The fraction of sp³-hybridized carbons (Fsp3) is 0.371. The molecule has 0 N–H and O–H groups in total. The summed E-state index contributed by atoms with van der Waals surface area (Å²) in [5.41, 5.74) is 32.7. The molecule has 11 aromatic carbocycles. The zero-order valence-electron chi connectivity index (χ0n) is 67.8. The molecule has 0 unspecified atom stereocenters. The van der Waals surface area contributed by atoms with Gasteiger partial charge in [0, 0.05) is 56.0 Å². The molecule has 0 amide bonds. The predicted octanol–water partition coefficient (Wildman–Crippen LogP) is 31.9. The van der Waals surface area contributed by atoms with Gasteiger partial charge in [0.15, 0.2) is 0 Å². The van der Waals surface area contributed by atoms with Crippen LogP contribution >= 0.6 is 0 Å². The van der Waals surface area contributed by atoms with Crippen molar-refractivity contribution < 1.29 is 0 Å². The van der Waals surface area contributed by atoms with Crippen LogP contribution in [-0.4, -0.2) is 4.57 Å². The number of rotatable bonds is 34. The van der Waals surface area contributed by atoms with E-state index >= 15 is 0 Å². The minimum atomic E-state index is -0.0466. The number of nitrogens with zero attached hydrogens (tertiary/aromatic N) is 3. The van der Waals surface area contributed by atoms with E-state index in [0.29, 0.717) is 0 Å². The van der Waals surface area contributed by atoms with Gasteiger partial charge in [-0.25, -0.2) is 0 Å². The maximum atomic E-state index is 2.78. The van der Waals surface area contributed by atoms with Crippen LogP contribution in [0.3, 0.4) is 0 Å². The van der Waals surface area contributed by atoms with Crippen molar-refractivity contribution in [3.05, 3.63) is 281 Å². The second-order valence-electron chi connectivity index (χ2n) is 34.0. The Hall–Kier alpha value is -9.18. The Morgan fingerprint density at radius 1 is 0.296 bits per heavy atom. The zero-order valence-corrected chi connectivity index (χ0v) is 67.8. The standard InChI is InChI=1S/C105H123N3/c1-13-17-21-25-27-34-68-105(69-35-28-26-22-18-14-2)98-70-77(6)42-66-93(98)95-74-97-96-71-82(78-36-32-29-33-37-78)49-67-100(96)108(102(97)75-99(95)105)101-73-83(38-30-23-19-15-3)94(72-84(101)39-31-24-20-16-4)81-47-60-90(61-48-81)107(92-64-52-86(53-65-92)104(10,11)12)89-58-45-80(46-59-89)79-43-56-88(57-44-79)106(87-54-40-76(5)41-55-87)91-62-50-85(51-63-91)103(7,8)9/h29,32-33,36-37,40-67,70-75H,13-28,30-31,34-35,38-39,68-69H2,1-12H3. The molecule has 13 rings (SSSR count).